The Labute approximate surface area is 173 Å². The lowest BCUT2D eigenvalue weighted by Gasteiger charge is -2.10. The molecule has 2 heterocycles. The van der Waals surface area contributed by atoms with E-state index in [9.17, 15) is 14.4 Å². The number of carbonyl (C=O) groups is 3. The van der Waals surface area contributed by atoms with Crippen LogP contribution in [0.25, 0.3) is 5.69 Å². The van der Waals surface area contributed by atoms with Crippen molar-refractivity contribution in [3.05, 3.63) is 75.8 Å². The normalized spacial score (nSPS) is 10.8. The van der Waals surface area contributed by atoms with Gasteiger partial charge in [-0.15, -0.1) is 0 Å². The summed E-state index contributed by atoms with van der Waals surface area (Å²) in [5, 5.41) is 0.601. The van der Waals surface area contributed by atoms with E-state index in [-0.39, 0.29) is 23.9 Å². The zero-order chi connectivity index (χ0) is 21.3. The highest BCUT2D eigenvalue weighted by atomic mass is 35.5. The van der Waals surface area contributed by atoms with Crippen LogP contribution >= 0.6 is 11.6 Å². The largest absolute Gasteiger partial charge is 0.453 e. The first kappa shape index (κ1) is 20.6. The lowest BCUT2D eigenvalue weighted by Crippen LogP contribution is -2.16. The van der Waals surface area contributed by atoms with E-state index in [1.54, 1.807) is 25.4 Å². The standard InChI is InChI=1S/C22H21ClN2O4/c1-13-8-19(14(2)25(13)18-7-5-6-17(23)10-18)21(27)12-29-22(28)20-9-16(15(3)26)11-24(20)4/h5-11H,12H2,1-4H3. The van der Waals surface area contributed by atoms with Crippen LogP contribution in [-0.4, -0.2) is 33.3 Å². The summed E-state index contributed by atoms with van der Waals surface area (Å²) >= 11 is 6.08. The van der Waals surface area contributed by atoms with Crippen molar-refractivity contribution >= 4 is 29.1 Å². The highest BCUT2D eigenvalue weighted by molar-refractivity contribution is 6.30. The number of halogens is 1. The molecule has 0 aliphatic heterocycles. The van der Waals surface area contributed by atoms with Gasteiger partial charge in [-0.3, -0.25) is 9.59 Å². The Morgan fingerprint density at radius 3 is 2.45 bits per heavy atom. The van der Waals surface area contributed by atoms with Crippen LogP contribution in [0.4, 0.5) is 0 Å². The predicted molar refractivity (Wildman–Crippen MR) is 110 cm³/mol. The second-order valence-corrected chi connectivity index (χ2v) is 7.32. The lowest BCUT2D eigenvalue weighted by atomic mass is 10.1. The number of hydrogen-bond acceptors (Lipinski definition) is 4. The van der Waals surface area contributed by atoms with E-state index in [1.165, 1.54) is 17.6 Å². The van der Waals surface area contributed by atoms with Gasteiger partial charge in [0.15, 0.2) is 12.4 Å². The molecule has 0 atom stereocenters. The van der Waals surface area contributed by atoms with Crippen molar-refractivity contribution in [1.29, 1.82) is 0 Å². The minimum absolute atomic E-state index is 0.149. The Morgan fingerprint density at radius 1 is 1.10 bits per heavy atom. The summed E-state index contributed by atoms with van der Waals surface area (Å²) in [4.78, 5) is 36.5. The molecule has 0 unspecified atom stereocenters. The third-order valence-electron chi connectivity index (χ3n) is 4.75. The fourth-order valence-corrected chi connectivity index (χ4v) is 3.48. The van der Waals surface area contributed by atoms with Gasteiger partial charge in [0.1, 0.15) is 5.69 Å². The average Bonchev–Trinajstić information content (AvgIpc) is 3.19. The third-order valence-corrected chi connectivity index (χ3v) is 4.99. The summed E-state index contributed by atoms with van der Waals surface area (Å²) in [7, 11) is 1.64. The molecule has 0 radical (unpaired) electrons. The van der Waals surface area contributed by atoms with Gasteiger partial charge in [-0.05, 0) is 51.1 Å². The van der Waals surface area contributed by atoms with Gasteiger partial charge in [0, 0.05) is 46.5 Å². The number of carbonyl (C=O) groups excluding carboxylic acids is 3. The SMILES string of the molecule is CC(=O)c1cc(C(=O)OCC(=O)c2cc(C)n(-c3cccc(Cl)c3)c2C)n(C)c1. The van der Waals surface area contributed by atoms with Gasteiger partial charge in [0.2, 0.25) is 5.78 Å². The molecule has 0 amide bonds. The monoisotopic (exact) mass is 412 g/mol. The summed E-state index contributed by atoms with van der Waals surface area (Å²) in [6.45, 7) is 4.76. The Hall–Kier alpha value is -3.12. The molecule has 0 fully saturated rings. The first-order valence-corrected chi connectivity index (χ1v) is 9.39. The smallest absolute Gasteiger partial charge is 0.355 e. The fraction of sp³-hybridized carbons (Fsp3) is 0.227. The van der Waals surface area contributed by atoms with E-state index >= 15 is 0 Å². The molecule has 7 heteroatoms. The third kappa shape index (κ3) is 4.17. The molecule has 0 spiro atoms. The number of aryl methyl sites for hydroxylation is 2. The minimum atomic E-state index is -0.656. The lowest BCUT2D eigenvalue weighted by molar-refractivity contribution is 0.0465. The molecule has 6 nitrogen and oxygen atoms in total. The number of Topliss-reactive ketones (excluding diaryl/α,β-unsaturated/α-hetero) is 2. The maximum absolute atomic E-state index is 12.7. The quantitative estimate of drug-likeness (QED) is 0.446. The highest BCUT2D eigenvalue weighted by Gasteiger charge is 2.20. The second-order valence-electron chi connectivity index (χ2n) is 6.88. The molecule has 2 aromatic heterocycles. The Bertz CT molecular complexity index is 1120. The van der Waals surface area contributed by atoms with Crippen LogP contribution in [0.5, 0.6) is 0 Å². The number of hydrogen-bond donors (Lipinski definition) is 0. The van der Waals surface area contributed by atoms with Crippen molar-refractivity contribution in [2.45, 2.75) is 20.8 Å². The van der Waals surface area contributed by atoms with Crippen LogP contribution in [0.1, 0.15) is 49.5 Å². The fourth-order valence-electron chi connectivity index (χ4n) is 3.30. The van der Waals surface area contributed by atoms with E-state index in [0.29, 0.717) is 16.1 Å². The maximum atomic E-state index is 12.7. The molecule has 3 aromatic rings. The topological polar surface area (TPSA) is 70.3 Å². The van der Waals surface area contributed by atoms with Crippen LogP contribution < -0.4 is 0 Å². The number of aromatic nitrogens is 2. The number of nitrogens with zero attached hydrogens (tertiary/aromatic N) is 2. The van der Waals surface area contributed by atoms with Crippen molar-refractivity contribution in [2.24, 2.45) is 7.05 Å². The first-order chi connectivity index (χ1) is 13.7. The number of benzene rings is 1. The van der Waals surface area contributed by atoms with E-state index in [0.717, 1.165) is 17.1 Å². The van der Waals surface area contributed by atoms with Crippen molar-refractivity contribution in [3.8, 4) is 5.69 Å². The van der Waals surface area contributed by atoms with Crippen LogP contribution in [0.15, 0.2) is 42.6 Å². The first-order valence-electron chi connectivity index (χ1n) is 9.01. The molecule has 0 aliphatic carbocycles. The Morgan fingerprint density at radius 2 is 1.83 bits per heavy atom. The zero-order valence-corrected chi connectivity index (χ0v) is 17.4. The second kappa shape index (κ2) is 8.09. The van der Waals surface area contributed by atoms with Gasteiger partial charge in [0.25, 0.3) is 0 Å². The minimum Gasteiger partial charge on any atom is -0.453 e. The molecule has 0 bridgehead atoms. The summed E-state index contributed by atoms with van der Waals surface area (Å²) in [6, 6.07) is 10.6. The molecule has 1 aromatic carbocycles. The molecule has 0 aliphatic rings. The van der Waals surface area contributed by atoms with E-state index in [4.69, 9.17) is 16.3 Å². The van der Waals surface area contributed by atoms with E-state index in [1.807, 2.05) is 36.6 Å². The zero-order valence-electron chi connectivity index (χ0n) is 16.7. The van der Waals surface area contributed by atoms with Gasteiger partial charge in [-0.25, -0.2) is 4.79 Å². The summed E-state index contributed by atoms with van der Waals surface area (Å²) in [6.07, 6.45) is 1.55. The Balaban J connectivity index is 1.77. The number of ketones is 2. The van der Waals surface area contributed by atoms with Gasteiger partial charge < -0.3 is 13.9 Å². The molecule has 150 valence electrons. The molecule has 29 heavy (non-hydrogen) atoms. The van der Waals surface area contributed by atoms with E-state index in [2.05, 4.69) is 0 Å². The van der Waals surface area contributed by atoms with Crippen molar-refractivity contribution in [3.63, 3.8) is 0 Å². The molecular weight excluding hydrogens is 392 g/mol. The molecule has 0 N–H and O–H groups in total. The van der Waals surface area contributed by atoms with Crippen molar-refractivity contribution in [2.75, 3.05) is 6.61 Å². The Kier molecular flexibility index (Phi) is 5.75. The molecule has 0 saturated carbocycles. The van der Waals surface area contributed by atoms with E-state index < -0.39 is 5.97 Å². The van der Waals surface area contributed by atoms with Crippen LogP contribution in [0.3, 0.4) is 0 Å². The molecule has 0 saturated heterocycles. The number of rotatable bonds is 6. The van der Waals surface area contributed by atoms with Gasteiger partial charge in [0.05, 0.1) is 0 Å². The van der Waals surface area contributed by atoms with Crippen molar-refractivity contribution in [1.82, 2.24) is 9.13 Å². The van der Waals surface area contributed by atoms with Crippen molar-refractivity contribution < 1.29 is 19.1 Å². The van der Waals surface area contributed by atoms with Gasteiger partial charge >= 0.3 is 5.97 Å². The predicted octanol–water partition coefficient (Wildman–Crippen LogP) is 4.33. The number of esters is 1. The van der Waals surface area contributed by atoms with Gasteiger partial charge in [-0.2, -0.15) is 0 Å². The van der Waals surface area contributed by atoms with Crippen LogP contribution in [0.2, 0.25) is 5.02 Å². The average molecular weight is 413 g/mol. The summed E-state index contributed by atoms with van der Waals surface area (Å²) < 4.78 is 8.63. The van der Waals surface area contributed by atoms with Crippen LogP contribution in [-0.2, 0) is 11.8 Å². The van der Waals surface area contributed by atoms with Gasteiger partial charge in [-0.1, -0.05) is 17.7 Å². The maximum Gasteiger partial charge on any atom is 0.355 e. The highest BCUT2D eigenvalue weighted by Crippen LogP contribution is 2.23. The summed E-state index contributed by atoms with van der Waals surface area (Å²) in [5.41, 5.74) is 3.57. The molecular formula is C22H21ClN2O4. The molecule has 3 rings (SSSR count). The number of ether oxygens (including phenoxy) is 1. The summed E-state index contributed by atoms with van der Waals surface area (Å²) in [5.74, 6) is -1.11. The van der Waals surface area contributed by atoms with Crippen LogP contribution in [0, 0.1) is 13.8 Å².